The molecule has 0 aromatic heterocycles. The molecule has 2 aliphatic rings. The highest BCUT2D eigenvalue weighted by atomic mass is 19.1. The van der Waals surface area contributed by atoms with Gasteiger partial charge in [0.25, 0.3) is 0 Å². The summed E-state index contributed by atoms with van der Waals surface area (Å²) in [5, 5.41) is 0. The quantitative estimate of drug-likeness (QED) is 0.490. The molecule has 0 atom stereocenters. The molecular weight excluding hydrogens is 459 g/mol. The molecule has 0 spiro atoms. The third kappa shape index (κ3) is 6.50. The van der Waals surface area contributed by atoms with Crippen molar-refractivity contribution in [2.75, 3.05) is 24.6 Å². The highest BCUT2D eigenvalue weighted by Crippen LogP contribution is 2.30. The molecule has 1 saturated carbocycles. The average Bonchev–Trinajstić information content (AvgIpc) is 3.43. The Hall–Kier alpha value is -3.22. The van der Waals surface area contributed by atoms with Crippen LogP contribution in [0.2, 0.25) is 0 Å². The molecule has 2 aromatic rings. The van der Waals surface area contributed by atoms with Crippen LogP contribution in [0.25, 0.3) is 0 Å². The third-order valence-corrected chi connectivity index (χ3v) is 7.27. The van der Waals surface area contributed by atoms with Gasteiger partial charge in [0.2, 0.25) is 11.8 Å². The number of anilines is 1. The largest absolute Gasteiger partial charge is 0.466 e. The normalized spacial score (nSPS) is 16.7. The van der Waals surface area contributed by atoms with Gasteiger partial charge in [-0.3, -0.25) is 14.4 Å². The molecule has 1 saturated heterocycles. The van der Waals surface area contributed by atoms with Crippen molar-refractivity contribution in [3.63, 3.8) is 0 Å². The van der Waals surface area contributed by atoms with E-state index in [-0.39, 0.29) is 41.9 Å². The number of hydrogen-bond donors (Lipinski definition) is 0. The second-order valence-corrected chi connectivity index (χ2v) is 9.79. The Morgan fingerprint density at radius 3 is 2.31 bits per heavy atom. The third-order valence-electron chi connectivity index (χ3n) is 7.27. The number of rotatable bonds is 8. The van der Waals surface area contributed by atoms with Gasteiger partial charge in [0, 0.05) is 24.7 Å². The monoisotopic (exact) mass is 494 g/mol. The van der Waals surface area contributed by atoms with Gasteiger partial charge in [-0.25, -0.2) is 4.39 Å². The van der Waals surface area contributed by atoms with Crippen LogP contribution in [0.15, 0.2) is 48.5 Å². The zero-order valence-electron chi connectivity index (χ0n) is 21.0. The molecule has 0 radical (unpaired) electrons. The molecule has 192 valence electrons. The van der Waals surface area contributed by atoms with Crippen molar-refractivity contribution in [1.82, 2.24) is 4.90 Å². The zero-order valence-corrected chi connectivity index (χ0v) is 21.0. The van der Waals surface area contributed by atoms with Gasteiger partial charge < -0.3 is 14.5 Å². The number of hydrogen-bond acceptors (Lipinski definition) is 4. The Labute approximate surface area is 212 Å². The number of amides is 2. The molecule has 1 heterocycles. The number of esters is 1. The van der Waals surface area contributed by atoms with Crippen LogP contribution in [-0.2, 0) is 32.1 Å². The first kappa shape index (κ1) is 25.9. The van der Waals surface area contributed by atoms with Crippen molar-refractivity contribution in [3.05, 3.63) is 65.5 Å². The van der Waals surface area contributed by atoms with Crippen molar-refractivity contribution in [3.8, 4) is 0 Å². The van der Waals surface area contributed by atoms with Crippen LogP contribution in [0.5, 0.6) is 0 Å². The maximum absolute atomic E-state index is 13.5. The van der Waals surface area contributed by atoms with Crippen LogP contribution in [0.4, 0.5) is 10.1 Å². The molecule has 1 aliphatic carbocycles. The van der Waals surface area contributed by atoms with E-state index in [1.165, 1.54) is 12.1 Å². The van der Waals surface area contributed by atoms with Crippen LogP contribution in [0.1, 0.15) is 56.6 Å². The van der Waals surface area contributed by atoms with Crippen molar-refractivity contribution < 1.29 is 23.5 Å². The van der Waals surface area contributed by atoms with E-state index in [2.05, 4.69) is 0 Å². The van der Waals surface area contributed by atoms with E-state index in [4.69, 9.17) is 4.74 Å². The standard InChI is InChI=1S/C29H35FN2O4/c1-2-36-29(35)24-14-16-31(17-15-24)27(33)19-22-6-5-9-26(18-22)32(28(34)23-7-3-4-8-23)20-21-10-12-25(30)13-11-21/h5-6,9-13,18,23-24H,2-4,7-8,14-17,19-20H2,1H3. The SMILES string of the molecule is CCOC(=O)C1CCN(C(=O)Cc2cccc(N(Cc3ccc(F)cc3)C(=O)C3CCCC3)c2)CC1. The number of nitrogens with zero attached hydrogens (tertiary/aromatic N) is 2. The number of ether oxygens (including phenoxy) is 1. The Bertz CT molecular complexity index is 1060. The molecule has 7 heteroatoms. The summed E-state index contributed by atoms with van der Waals surface area (Å²) in [6, 6.07) is 13.8. The minimum absolute atomic E-state index is 0.00331. The summed E-state index contributed by atoms with van der Waals surface area (Å²) in [5.41, 5.74) is 2.45. The van der Waals surface area contributed by atoms with Crippen LogP contribution in [0, 0.1) is 17.7 Å². The Morgan fingerprint density at radius 2 is 1.64 bits per heavy atom. The van der Waals surface area contributed by atoms with Gasteiger partial charge in [0.05, 0.1) is 25.5 Å². The lowest BCUT2D eigenvalue weighted by Crippen LogP contribution is -2.41. The van der Waals surface area contributed by atoms with Crippen molar-refractivity contribution in [1.29, 1.82) is 0 Å². The first-order valence-corrected chi connectivity index (χ1v) is 13.0. The van der Waals surface area contributed by atoms with Gasteiger partial charge in [0.15, 0.2) is 0 Å². The summed E-state index contributed by atoms with van der Waals surface area (Å²) < 4.78 is 18.6. The molecule has 1 aliphatic heterocycles. The predicted octanol–water partition coefficient (Wildman–Crippen LogP) is 4.89. The average molecular weight is 495 g/mol. The van der Waals surface area contributed by atoms with Crippen molar-refractivity contribution >= 4 is 23.5 Å². The smallest absolute Gasteiger partial charge is 0.309 e. The first-order chi connectivity index (χ1) is 17.4. The molecule has 36 heavy (non-hydrogen) atoms. The lowest BCUT2D eigenvalue weighted by atomic mass is 9.96. The fourth-order valence-electron chi connectivity index (χ4n) is 5.21. The summed E-state index contributed by atoms with van der Waals surface area (Å²) in [4.78, 5) is 42.1. The first-order valence-electron chi connectivity index (χ1n) is 13.0. The molecule has 6 nitrogen and oxygen atoms in total. The fraction of sp³-hybridized carbons (Fsp3) is 0.483. The van der Waals surface area contributed by atoms with Gasteiger partial charge in [-0.15, -0.1) is 0 Å². The lowest BCUT2D eigenvalue weighted by molar-refractivity contribution is -0.151. The van der Waals surface area contributed by atoms with E-state index >= 15 is 0 Å². The summed E-state index contributed by atoms with van der Waals surface area (Å²) in [5.74, 6) is -0.525. The molecule has 0 unspecified atom stereocenters. The van der Waals surface area contributed by atoms with E-state index in [1.807, 2.05) is 29.2 Å². The van der Waals surface area contributed by atoms with Gasteiger partial charge in [-0.2, -0.15) is 0 Å². The number of likely N-dealkylation sites (tertiary alicyclic amines) is 1. The highest BCUT2D eigenvalue weighted by molar-refractivity contribution is 5.95. The minimum Gasteiger partial charge on any atom is -0.466 e. The highest BCUT2D eigenvalue weighted by Gasteiger charge is 2.30. The molecule has 4 rings (SSSR count). The van der Waals surface area contributed by atoms with Gasteiger partial charge in [0.1, 0.15) is 5.82 Å². The molecule has 0 bridgehead atoms. The minimum atomic E-state index is -0.306. The molecular formula is C29H35FN2O4. The van der Waals surface area contributed by atoms with E-state index in [0.29, 0.717) is 39.1 Å². The number of piperidine rings is 1. The van der Waals surface area contributed by atoms with Crippen molar-refractivity contribution in [2.24, 2.45) is 11.8 Å². The Morgan fingerprint density at radius 1 is 0.944 bits per heavy atom. The molecule has 2 aromatic carbocycles. The topological polar surface area (TPSA) is 66.9 Å². The summed E-state index contributed by atoms with van der Waals surface area (Å²) in [6.45, 7) is 3.61. The number of halogens is 1. The predicted molar refractivity (Wildman–Crippen MR) is 136 cm³/mol. The zero-order chi connectivity index (χ0) is 25.5. The van der Waals surface area contributed by atoms with E-state index in [1.54, 1.807) is 24.0 Å². The van der Waals surface area contributed by atoms with E-state index in [0.717, 1.165) is 42.5 Å². The maximum atomic E-state index is 13.5. The summed E-state index contributed by atoms with van der Waals surface area (Å²) in [6.07, 6.45) is 5.36. The van der Waals surface area contributed by atoms with Crippen LogP contribution in [0.3, 0.4) is 0 Å². The van der Waals surface area contributed by atoms with Crippen LogP contribution < -0.4 is 4.90 Å². The van der Waals surface area contributed by atoms with Gasteiger partial charge in [-0.05, 0) is 68.0 Å². The molecule has 0 N–H and O–H groups in total. The van der Waals surface area contributed by atoms with Gasteiger partial charge >= 0.3 is 5.97 Å². The molecule has 2 fully saturated rings. The van der Waals surface area contributed by atoms with Crippen LogP contribution in [-0.4, -0.2) is 42.4 Å². The Kier molecular flexibility index (Phi) is 8.73. The van der Waals surface area contributed by atoms with Gasteiger partial charge in [-0.1, -0.05) is 37.1 Å². The van der Waals surface area contributed by atoms with Crippen LogP contribution >= 0.6 is 0 Å². The number of carbonyl (C=O) groups excluding carboxylic acids is 3. The number of carbonyl (C=O) groups is 3. The maximum Gasteiger partial charge on any atom is 0.309 e. The van der Waals surface area contributed by atoms with Crippen molar-refractivity contribution in [2.45, 2.75) is 58.4 Å². The summed E-state index contributed by atoms with van der Waals surface area (Å²) >= 11 is 0. The summed E-state index contributed by atoms with van der Waals surface area (Å²) in [7, 11) is 0. The van der Waals surface area contributed by atoms with E-state index in [9.17, 15) is 18.8 Å². The number of benzene rings is 2. The second kappa shape index (κ2) is 12.2. The second-order valence-electron chi connectivity index (χ2n) is 9.79. The fourth-order valence-corrected chi connectivity index (χ4v) is 5.21. The Balaban J connectivity index is 1.45. The lowest BCUT2D eigenvalue weighted by Gasteiger charge is -2.31. The molecule has 2 amide bonds. The van der Waals surface area contributed by atoms with E-state index < -0.39 is 0 Å².